The number of thiophene rings is 1. The van der Waals surface area contributed by atoms with E-state index in [0.29, 0.717) is 17.7 Å². The van der Waals surface area contributed by atoms with Crippen LogP contribution in [0.4, 0.5) is 4.79 Å². The van der Waals surface area contributed by atoms with Gasteiger partial charge in [0.15, 0.2) is 6.10 Å². The second-order valence-corrected chi connectivity index (χ2v) is 12.3. The van der Waals surface area contributed by atoms with Gasteiger partial charge in [0, 0.05) is 31.4 Å². The number of amides is 3. The molecule has 1 aromatic rings. The number of nitrogens with one attached hydrogen (secondary N) is 2. The lowest BCUT2D eigenvalue weighted by Gasteiger charge is -2.26. The number of nitrogens with two attached hydrogens (primary N) is 1. The highest BCUT2D eigenvalue weighted by Gasteiger charge is 2.33. The van der Waals surface area contributed by atoms with E-state index < -0.39 is 41.7 Å². The number of fused-ring (bicyclic) bond motifs is 2. The average molecular weight is 640 g/mol. The molecule has 1 aliphatic heterocycles. The maximum atomic E-state index is 13.8. The van der Waals surface area contributed by atoms with Crippen LogP contribution in [0.5, 0.6) is 0 Å². The Hall–Kier alpha value is -4.13. The lowest BCUT2D eigenvalue weighted by atomic mass is 9.86. The van der Waals surface area contributed by atoms with Crippen LogP contribution in [0.25, 0.3) is 0 Å². The van der Waals surface area contributed by atoms with Gasteiger partial charge >= 0.3 is 6.09 Å². The maximum Gasteiger partial charge on any atom is 0.405 e. The van der Waals surface area contributed by atoms with E-state index in [2.05, 4.69) is 10.6 Å². The summed E-state index contributed by atoms with van der Waals surface area (Å²) in [6, 6.07) is 3.34. The molecule has 45 heavy (non-hydrogen) atoms. The summed E-state index contributed by atoms with van der Waals surface area (Å²) in [7, 11) is 3.07. The number of ether oxygens (including phenoxy) is 3. The minimum absolute atomic E-state index is 0.0130. The molecular formula is C33H41N3O8S. The van der Waals surface area contributed by atoms with Crippen LogP contribution in [-0.2, 0) is 28.6 Å². The molecule has 5 atom stereocenters. The van der Waals surface area contributed by atoms with Crippen LogP contribution >= 0.6 is 11.3 Å². The third kappa shape index (κ3) is 9.68. The Labute approximate surface area is 267 Å². The molecule has 2 aliphatic rings. The molecule has 11 nitrogen and oxygen atoms in total. The number of primary amides is 1. The van der Waals surface area contributed by atoms with Crippen LogP contribution in [0, 0.1) is 11.8 Å². The highest BCUT2D eigenvalue weighted by molar-refractivity contribution is 7.12. The van der Waals surface area contributed by atoms with Gasteiger partial charge in [-0.2, -0.15) is 0 Å². The van der Waals surface area contributed by atoms with Gasteiger partial charge < -0.3 is 30.6 Å². The molecule has 3 rings (SSSR count). The molecule has 2 heterocycles. The first-order valence-corrected chi connectivity index (χ1v) is 15.5. The van der Waals surface area contributed by atoms with Gasteiger partial charge in [-0.3, -0.25) is 19.2 Å². The number of Topliss-reactive ketones (excluding diaryl/α,β-unsaturated/α-hetero) is 1. The first-order chi connectivity index (χ1) is 21.3. The Balaban J connectivity index is 2.05. The zero-order valence-electron chi connectivity index (χ0n) is 26.4. The number of hydrogen-bond donors (Lipinski definition) is 3. The molecule has 0 saturated heterocycles. The van der Waals surface area contributed by atoms with Crippen LogP contribution in [-0.4, -0.2) is 62.0 Å². The van der Waals surface area contributed by atoms with E-state index >= 15 is 0 Å². The first kappa shape index (κ1) is 35.4. The molecule has 0 aromatic carbocycles. The van der Waals surface area contributed by atoms with E-state index in [-0.39, 0.29) is 46.9 Å². The number of methoxy groups -OCH3 is 2. The zero-order valence-corrected chi connectivity index (χ0v) is 27.2. The van der Waals surface area contributed by atoms with Gasteiger partial charge in [0.25, 0.3) is 11.8 Å². The van der Waals surface area contributed by atoms with Crippen molar-refractivity contribution in [3.05, 3.63) is 80.9 Å². The van der Waals surface area contributed by atoms with Gasteiger partial charge in [0.1, 0.15) is 6.10 Å². The zero-order chi connectivity index (χ0) is 33.3. The van der Waals surface area contributed by atoms with E-state index in [4.69, 9.17) is 19.9 Å². The molecule has 1 aliphatic carbocycles. The van der Waals surface area contributed by atoms with E-state index in [9.17, 15) is 24.0 Å². The highest BCUT2D eigenvalue weighted by Crippen LogP contribution is 2.29. The second kappa shape index (κ2) is 16.3. The quantitative estimate of drug-likeness (QED) is 0.318. The van der Waals surface area contributed by atoms with Crippen LogP contribution in [0.1, 0.15) is 56.6 Å². The number of ketones is 2. The monoisotopic (exact) mass is 639 g/mol. The van der Waals surface area contributed by atoms with Crippen molar-refractivity contribution in [3.63, 3.8) is 0 Å². The first-order valence-electron chi connectivity index (χ1n) is 14.6. The topological polar surface area (TPSA) is 163 Å². The lowest BCUT2D eigenvalue weighted by Crippen LogP contribution is -2.37. The number of carbonyl (C=O) groups is 5. The minimum Gasteiger partial charge on any atom is -0.439 e. The van der Waals surface area contributed by atoms with Crippen LogP contribution in [0.3, 0.4) is 0 Å². The van der Waals surface area contributed by atoms with Crippen LogP contribution in [0.2, 0.25) is 0 Å². The summed E-state index contributed by atoms with van der Waals surface area (Å²) in [5, 5.41) is 6.94. The fraction of sp³-hybridized carbons (Fsp3) is 0.424. The molecule has 1 aromatic heterocycles. The van der Waals surface area contributed by atoms with Gasteiger partial charge in [-0.1, -0.05) is 44.2 Å². The van der Waals surface area contributed by atoms with Crippen molar-refractivity contribution in [1.82, 2.24) is 10.6 Å². The van der Waals surface area contributed by atoms with Crippen LogP contribution < -0.4 is 16.4 Å². The van der Waals surface area contributed by atoms with Gasteiger partial charge in [0.2, 0.25) is 11.6 Å². The summed E-state index contributed by atoms with van der Waals surface area (Å²) >= 11 is 1.21. The molecule has 242 valence electrons. The van der Waals surface area contributed by atoms with Crippen molar-refractivity contribution in [2.45, 2.75) is 65.3 Å². The molecule has 3 amide bonds. The molecule has 4 N–H and O–H groups in total. The van der Waals surface area contributed by atoms with E-state index in [1.807, 2.05) is 26.8 Å². The third-order valence-corrected chi connectivity index (χ3v) is 8.44. The van der Waals surface area contributed by atoms with Crippen molar-refractivity contribution in [2.24, 2.45) is 17.6 Å². The van der Waals surface area contributed by atoms with E-state index in [1.165, 1.54) is 24.5 Å². The van der Waals surface area contributed by atoms with Crippen molar-refractivity contribution >= 4 is 40.8 Å². The largest absolute Gasteiger partial charge is 0.439 e. The molecule has 0 fully saturated rings. The molecule has 0 radical (unpaired) electrons. The fourth-order valence-corrected chi connectivity index (χ4v) is 5.97. The van der Waals surface area contributed by atoms with Gasteiger partial charge in [-0.05, 0) is 62.0 Å². The molecule has 0 spiro atoms. The summed E-state index contributed by atoms with van der Waals surface area (Å²) in [4.78, 5) is 65.2. The number of allylic oxidation sites excluding steroid dienone is 5. The van der Waals surface area contributed by atoms with Gasteiger partial charge in [-0.25, -0.2) is 4.79 Å². The number of hydrogen-bond acceptors (Lipinski definition) is 9. The normalized spacial score (nSPS) is 28.6. The SMILES string of the molecule is CO[C@H]1C[C@H](C)CC2=C(NC(=O)c3cccs3)C(=O)C=C(NC(=O)/C(C)=C/C=C\[C@H](OC)[C@@H](OC(N)=O)/C(C)=C/[C@H](C)C1)C2=O. The fourth-order valence-electron chi connectivity index (χ4n) is 5.35. The summed E-state index contributed by atoms with van der Waals surface area (Å²) in [5.74, 6) is -2.41. The van der Waals surface area contributed by atoms with E-state index in [1.54, 1.807) is 43.7 Å². The predicted octanol–water partition coefficient (Wildman–Crippen LogP) is 4.28. The molecule has 0 saturated carbocycles. The third-order valence-electron chi connectivity index (χ3n) is 7.57. The van der Waals surface area contributed by atoms with Gasteiger partial charge in [0.05, 0.1) is 22.4 Å². The summed E-state index contributed by atoms with van der Waals surface area (Å²) in [6.45, 7) is 7.30. The Kier molecular flexibility index (Phi) is 12.8. The molecule has 12 heteroatoms. The standard InChI is InChI=1S/C33H41N3O8S/c1-18-13-21(4)30(44-33(34)41)26(43-6)10-7-9-20(3)31(39)35-24-17-25(37)28(36-32(40)27-11-8-12-45-27)23(29(24)38)16-19(2)15-22(14-18)42-5/h7-13,17-19,22,26,30H,14-16H2,1-6H3,(H2,34,41)(H,35,39)(H,36,40)/b10-7-,20-9+,21-13+/t18-,19-,22+,26-,30-/m0/s1. The lowest BCUT2D eigenvalue weighted by molar-refractivity contribution is -0.120. The van der Waals surface area contributed by atoms with Gasteiger partial charge in [-0.15, -0.1) is 11.3 Å². The van der Waals surface area contributed by atoms with Crippen molar-refractivity contribution in [3.8, 4) is 0 Å². The Morgan fingerprint density at radius 1 is 1.09 bits per heavy atom. The molecule has 2 bridgehead atoms. The molecule has 0 unspecified atom stereocenters. The van der Waals surface area contributed by atoms with E-state index in [0.717, 1.165) is 11.6 Å². The second-order valence-electron chi connectivity index (χ2n) is 11.3. The minimum atomic E-state index is -0.956. The smallest absolute Gasteiger partial charge is 0.405 e. The van der Waals surface area contributed by atoms with Crippen molar-refractivity contribution in [1.29, 1.82) is 0 Å². The maximum absolute atomic E-state index is 13.8. The van der Waals surface area contributed by atoms with Crippen LogP contribution in [0.15, 0.2) is 76.0 Å². The van der Waals surface area contributed by atoms with Crippen molar-refractivity contribution < 1.29 is 38.2 Å². The Bertz CT molecular complexity index is 1450. The summed E-state index contributed by atoms with van der Waals surface area (Å²) < 4.78 is 16.8. The predicted molar refractivity (Wildman–Crippen MR) is 170 cm³/mol. The number of rotatable bonds is 5. The Morgan fingerprint density at radius 2 is 1.82 bits per heavy atom. The highest BCUT2D eigenvalue weighted by atomic mass is 32.1. The summed E-state index contributed by atoms with van der Waals surface area (Å²) in [6.07, 6.45) is 6.26. The summed E-state index contributed by atoms with van der Waals surface area (Å²) in [5.41, 5.74) is 6.15. The molecular weight excluding hydrogens is 598 g/mol. The Morgan fingerprint density at radius 3 is 2.44 bits per heavy atom. The average Bonchev–Trinajstić information content (AvgIpc) is 3.53. The number of carbonyl (C=O) groups excluding carboxylic acids is 5. The van der Waals surface area contributed by atoms with Crippen molar-refractivity contribution in [2.75, 3.05) is 14.2 Å².